The molecule has 1 fully saturated rings. The molecule has 0 saturated carbocycles. The minimum atomic E-state index is 0.888. The molecule has 0 spiro atoms. The van der Waals surface area contributed by atoms with Crippen molar-refractivity contribution in [1.82, 2.24) is 4.90 Å². The first-order valence-corrected chi connectivity index (χ1v) is 7.72. The fraction of sp³-hybridized carbons (Fsp3) is 0.389. The summed E-state index contributed by atoms with van der Waals surface area (Å²) in [4.78, 5) is 6.99. The van der Waals surface area contributed by atoms with Gasteiger partial charge in [-0.3, -0.25) is 4.99 Å². The van der Waals surface area contributed by atoms with E-state index in [9.17, 15) is 0 Å². The number of nitrogens with zero attached hydrogens (tertiary/aromatic N) is 2. The summed E-state index contributed by atoms with van der Waals surface area (Å²) in [7, 11) is 2.20. The Labute approximate surface area is 125 Å². The van der Waals surface area contributed by atoms with Crippen LogP contribution in [0.2, 0.25) is 0 Å². The predicted octanol–water partition coefficient (Wildman–Crippen LogP) is 3.33. The van der Waals surface area contributed by atoms with Crippen LogP contribution in [0.1, 0.15) is 24.8 Å². The lowest BCUT2D eigenvalue weighted by Gasteiger charge is -2.30. The first-order chi connectivity index (χ1) is 10.3. The number of piperidine rings is 1. The van der Waals surface area contributed by atoms with Crippen LogP contribution < -0.4 is 4.74 Å². The van der Waals surface area contributed by atoms with Crippen molar-refractivity contribution < 1.29 is 4.74 Å². The molecule has 3 heteroatoms. The third kappa shape index (κ3) is 2.32. The highest BCUT2D eigenvalue weighted by Gasteiger charge is 2.27. The standard InChI is InChI=1S/C18H20N2O/c1-20-10-7-13(8-11-20)15-6-9-19-16-12-14-4-2-3-5-17(14)21-18(15)16/h2-5,9H,6-8,10-12H2,1H3. The molecular weight excluding hydrogens is 260 g/mol. The summed E-state index contributed by atoms with van der Waals surface area (Å²) < 4.78 is 6.22. The van der Waals surface area contributed by atoms with Crippen molar-refractivity contribution in [3.8, 4) is 5.75 Å². The molecule has 0 bridgehead atoms. The fourth-order valence-electron chi connectivity index (χ4n) is 3.35. The smallest absolute Gasteiger partial charge is 0.152 e. The largest absolute Gasteiger partial charge is 0.455 e. The lowest BCUT2D eigenvalue weighted by molar-refractivity contribution is 0.309. The zero-order chi connectivity index (χ0) is 14.2. The molecule has 3 aliphatic heterocycles. The van der Waals surface area contributed by atoms with Gasteiger partial charge in [-0.15, -0.1) is 0 Å². The molecule has 4 rings (SSSR count). The minimum Gasteiger partial charge on any atom is -0.455 e. The molecule has 0 aromatic heterocycles. The Bertz CT molecular complexity index is 660. The summed E-state index contributed by atoms with van der Waals surface area (Å²) in [5, 5.41) is 0. The highest BCUT2D eigenvalue weighted by molar-refractivity contribution is 5.70. The number of fused-ring (bicyclic) bond motifs is 1. The van der Waals surface area contributed by atoms with Crippen molar-refractivity contribution in [3.05, 3.63) is 52.4 Å². The summed E-state index contributed by atoms with van der Waals surface area (Å²) in [6.07, 6.45) is 6.17. The Morgan fingerprint density at radius 2 is 1.95 bits per heavy atom. The highest BCUT2D eigenvalue weighted by atomic mass is 16.5. The van der Waals surface area contributed by atoms with Gasteiger partial charge in [0, 0.05) is 43.3 Å². The van der Waals surface area contributed by atoms with Crippen molar-refractivity contribution in [3.63, 3.8) is 0 Å². The van der Waals surface area contributed by atoms with Gasteiger partial charge in [-0.1, -0.05) is 23.8 Å². The van der Waals surface area contributed by atoms with Gasteiger partial charge in [0.15, 0.2) is 5.76 Å². The first kappa shape index (κ1) is 12.8. The van der Waals surface area contributed by atoms with E-state index in [1.54, 1.807) is 5.57 Å². The Morgan fingerprint density at radius 3 is 2.81 bits per heavy atom. The molecular formula is C18H20N2O. The van der Waals surface area contributed by atoms with Crippen LogP contribution >= 0.6 is 0 Å². The Hall–Kier alpha value is -1.87. The third-order valence-corrected chi connectivity index (χ3v) is 4.64. The second kappa shape index (κ2) is 5.15. The van der Waals surface area contributed by atoms with Crippen LogP contribution in [0, 0.1) is 0 Å². The highest BCUT2D eigenvalue weighted by Crippen LogP contribution is 2.38. The van der Waals surface area contributed by atoms with E-state index in [-0.39, 0.29) is 0 Å². The number of allylic oxidation sites excluding steroid dienone is 2. The molecule has 0 amide bonds. The van der Waals surface area contributed by atoms with Crippen LogP contribution in [0.25, 0.3) is 0 Å². The summed E-state index contributed by atoms with van der Waals surface area (Å²) in [5.41, 5.74) is 5.29. The number of hydrogen-bond acceptors (Lipinski definition) is 3. The summed E-state index contributed by atoms with van der Waals surface area (Å²) in [6, 6.07) is 8.30. The van der Waals surface area contributed by atoms with Gasteiger partial charge in [0.05, 0.1) is 5.70 Å². The van der Waals surface area contributed by atoms with Crippen LogP contribution in [-0.4, -0.2) is 31.3 Å². The molecule has 1 saturated heterocycles. The van der Waals surface area contributed by atoms with Gasteiger partial charge in [0.2, 0.25) is 0 Å². The van der Waals surface area contributed by atoms with Gasteiger partial charge in [-0.05, 0) is 26.0 Å². The van der Waals surface area contributed by atoms with E-state index in [4.69, 9.17) is 4.74 Å². The van der Waals surface area contributed by atoms with Crippen molar-refractivity contribution >= 4 is 6.21 Å². The van der Waals surface area contributed by atoms with E-state index >= 15 is 0 Å². The number of aliphatic imine (C=N–C) groups is 1. The summed E-state index contributed by atoms with van der Waals surface area (Å²) >= 11 is 0. The van der Waals surface area contributed by atoms with Gasteiger partial charge in [-0.25, -0.2) is 0 Å². The number of benzene rings is 1. The second-order valence-corrected chi connectivity index (χ2v) is 6.06. The van der Waals surface area contributed by atoms with E-state index in [2.05, 4.69) is 41.4 Å². The molecule has 3 heterocycles. The maximum atomic E-state index is 6.22. The molecule has 3 aliphatic rings. The minimum absolute atomic E-state index is 0.888. The molecule has 3 nitrogen and oxygen atoms in total. The Balaban J connectivity index is 1.71. The van der Waals surface area contributed by atoms with Crippen molar-refractivity contribution in [2.45, 2.75) is 25.7 Å². The van der Waals surface area contributed by atoms with Gasteiger partial charge < -0.3 is 9.64 Å². The SMILES string of the molecule is CN1CCC(=C2CC=NC3=C2Oc2ccccc2C3)CC1. The second-order valence-electron chi connectivity index (χ2n) is 6.06. The lowest BCUT2D eigenvalue weighted by atomic mass is 9.91. The number of para-hydroxylation sites is 1. The average molecular weight is 280 g/mol. The van der Waals surface area contributed by atoms with Crippen LogP contribution in [0.5, 0.6) is 5.75 Å². The molecule has 0 aliphatic carbocycles. The van der Waals surface area contributed by atoms with E-state index in [1.807, 2.05) is 6.07 Å². The van der Waals surface area contributed by atoms with Crippen molar-refractivity contribution in [1.29, 1.82) is 0 Å². The zero-order valence-corrected chi connectivity index (χ0v) is 12.4. The van der Waals surface area contributed by atoms with Gasteiger partial charge in [-0.2, -0.15) is 0 Å². The van der Waals surface area contributed by atoms with Crippen LogP contribution in [0.15, 0.2) is 51.9 Å². The Kier molecular flexibility index (Phi) is 3.15. The zero-order valence-electron chi connectivity index (χ0n) is 12.4. The topological polar surface area (TPSA) is 24.8 Å². The number of hydrogen-bond donors (Lipinski definition) is 0. The predicted molar refractivity (Wildman–Crippen MR) is 84.7 cm³/mol. The fourth-order valence-corrected chi connectivity index (χ4v) is 3.35. The maximum absolute atomic E-state index is 6.22. The number of likely N-dealkylation sites (tertiary alicyclic amines) is 1. The molecule has 1 aromatic rings. The third-order valence-electron chi connectivity index (χ3n) is 4.64. The Morgan fingerprint density at radius 1 is 1.14 bits per heavy atom. The molecule has 108 valence electrons. The molecule has 0 radical (unpaired) electrons. The molecule has 21 heavy (non-hydrogen) atoms. The quantitative estimate of drug-likeness (QED) is 0.728. The molecule has 1 aromatic carbocycles. The molecule has 0 unspecified atom stereocenters. The van der Waals surface area contributed by atoms with Crippen LogP contribution in [0.4, 0.5) is 0 Å². The average Bonchev–Trinajstić information content (AvgIpc) is 2.53. The maximum Gasteiger partial charge on any atom is 0.152 e. The number of rotatable bonds is 0. The van der Waals surface area contributed by atoms with Crippen LogP contribution in [-0.2, 0) is 6.42 Å². The number of ether oxygens (including phenoxy) is 1. The first-order valence-electron chi connectivity index (χ1n) is 7.72. The van der Waals surface area contributed by atoms with Gasteiger partial charge in [0.1, 0.15) is 5.75 Å². The van der Waals surface area contributed by atoms with Crippen molar-refractivity contribution in [2.75, 3.05) is 20.1 Å². The lowest BCUT2D eigenvalue weighted by Crippen LogP contribution is -2.28. The molecule has 0 N–H and O–H groups in total. The summed E-state index contributed by atoms with van der Waals surface area (Å²) in [6.45, 7) is 2.30. The van der Waals surface area contributed by atoms with Crippen LogP contribution in [0.3, 0.4) is 0 Å². The van der Waals surface area contributed by atoms with Gasteiger partial charge >= 0.3 is 0 Å². The van der Waals surface area contributed by atoms with E-state index in [1.165, 1.54) is 11.1 Å². The van der Waals surface area contributed by atoms with E-state index < -0.39 is 0 Å². The van der Waals surface area contributed by atoms with E-state index in [0.29, 0.717) is 0 Å². The van der Waals surface area contributed by atoms with Crippen molar-refractivity contribution in [2.24, 2.45) is 4.99 Å². The monoisotopic (exact) mass is 280 g/mol. The normalized spacial score (nSPS) is 22.0. The van der Waals surface area contributed by atoms with Gasteiger partial charge in [0.25, 0.3) is 0 Å². The van der Waals surface area contributed by atoms with E-state index in [0.717, 1.165) is 56.0 Å². The molecule has 0 atom stereocenters. The summed E-state index contributed by atoms with van der Waals surface area (Å²) in [5.74, 6) is 2.04.